The molecule has 1 atom stereocenters. The maximum Gasteiger partial charge on any atom is 0.295 e. The Labute approximate surface area is 213 Å². The van der Waals surface area contributed by atoms with Crippen LogP contribution in [-0.2, 0) is 20.9 Å². The second kappa shape index (κ2) is 11.0. The molecule has 3 aromatic carbocycles. The Bertz CT molecular complexity index is 1350. The molecule has 1 heterocycles. The first-order valence-corrected chi connectivity index (χ1v) is 11.6. The maximum atomic E-state index is 13.0. The van der Waals surface area contributed by atoms with Crippen molar-refractivity contribution in [1.29, 1.82) is 0 Å². The number of non-ortho nitro benzene ring substituents is 1. The van der Waals surface area contributed by atoms with Crippen LogP contribution >= 0.6 is 0 Å². The van der Waals surface area contributed by atoms with E-state index in [0.717, 1.165) is 11.1 Å². The monoisotopic (exact) mass is 502 g/mol. The van der Waals surface area contributed by atoms with Gasteiger partial charge >= 0.3 is 0 Å². The van der Waals surface area contributed by atoms with E-state index in [0.29, 0.717) is 17.9 Å². The number of carbonyl (C=O) groups is 2. The summed E-state index contributed by atoms with van der Waals surface area (Å²) in [5.74, 6) is -1.39. The first-order valence-electron chi connectivity index (χ1n) is 11.6. The molecule has 0 bridgehead atoms. The third-order valence-electron chi connectivity index (χ3n) is 6.28. The van der Waals surface area contributed by atoms with Gasteiger partial charge in [0.05, 0.1) is 23.1 Å². The fraction of sp³-hybridized carbons (Fsp3) is 0.214. The SMILES string of the molecule is COCCN1C(=O)C(=O)/C(=C(\O)c2ccc([N+](=O)[O-])cc2)C1c1ccc(OCc2ccccc2C)cc1. The summed E-state index contributed by atoms with van der Waals surface area (Å²) in [4.78, 5) is 37.7. The highest BCUT2D eigenvalue weighted by Crippen LogP contribution is 2.39. The predicted molar refractivity (Wildman–Crippen MR) is 136 cm³/mol. The van der Waals surface area contributed by atoms with Gasteiger partial charge in [-0.15, -0.1) is 0 Å². The summed E-state index contributed by atoms with van der Waals surface area (Å²) in [6.45, 7) is 2.72. The number of aryl methyl sites for hydroxylation is 1. The number of nitro groups is 1. The Kier molecular flexibility index (Phi) is 7.64. The third kappa shape index (κ3) is 5.36. The normalized spacial score (nSPS) is 16.7. The number of Topliss-reactive ketones (excluding diaryl/α,β-unsaturated/α-hetero) is 1. The zero-order chi connectivity index (χ0) is 26.5. The molecule has 1 N–H and O–H groups in total. The van der Waals surface area contributed by atoms with E-state index in [1.807, 2.05) is 31.2 Å². The molecule has 0 aromatic heterocycles. The molecule has 0 spiro atoms. The zero-order valence-corrected chi connectivity index (χ0v) is 20.4. The number of ketones is 1. The van der Waals surface area contributed by atoms with Gasteiger partial charge < -0.3 is 19.5 Å². The van der Waals surface area contributed by atoms with Gasteiger partial charge in [-0.25, -0.2) is 0 Å². The van der Waals surface area contributed by atoms with Crippen LogP contribution < -0.4 is 4.74 Å². The number of hydrogen-bond donors (Lipinski definition) is 1. The van der Waals surface area contributed by atoms with Gasteiger partial charge in [-0.3, -0.25) is 19.7 Å². The molecule has 1 unspecified atom stereocenters. The molecule has 190 valence electrons. The van der Waals surface area contributed by atoms with Gasteiger partial charge in [0.1, 0.15) is 18.1 Å². The summed E-state index contributed by atoms with van der Waals surface area (Å²) in [5.41, 5.74) is 2.72. The summed E-state index contributed by atoms with van der Waals surface area (Å²) < 4.78 is 11.0. The van der Waals surface area contributed by atoms with Gasteiger partial charge in [0.15, 0.2) is 0 Å². The fourth-order valence-electron chi connectivity index (χ4n) is 4.22. The molecule has 0 radical (unpaired) electrons. The lowest BCUT2D eigenvalue weighted by molar-refractivity contribution is -0.384. The van der Waals surface area contributed by atoms with E-state index in [1.165, 1.54) is 36.3 Å². The standard InChI is InChI=1S/C28H26N2O7/c1-18-5-3-4-6-21(18)17-37-23-13-9-19(10-14-23)25-24(27(32)28(33)29(25)15-16-36-2)26(31)20-7-11-22(12-8-20)30(34)35/h3-14,25,31H,15-17H2,1-2H3/b26-24-. The lowest BCUT2D eigenvalue weighted by atomic mass is 9.95. The highest BCUT2D eigenvalue weighted by Gasteiger charge is 2.45. The number of aliphatic hydroxyl groups is 1. The molecule has 1 aliphatic heterocycles. The predicted octanol–water partition coefficient (Wildman–Crippen LogP) is 4.55. The first-order chi connectivity index (χ1) is 17.8. The van der Waals surface area contributed by atoms with Gasteiger partial charge in [0.2, 0.25) is 0 Å². The van der Waals surface area contributed by atoms with Gasteiger partial charge in [-0.1, -0.05) is 36.4 Å². The molecule has 9 nitrogen and oxygen atoms in total. The van der Waals surface area contributed by atoms with Crippen molar-refractivity contribution in [2.24, 2.45) is 0 Å². The molecule has 9 heteroatoms. The summed E-state index contributed by atoms with van der Waals surface area (Å²) >= 11 is 0. The Morgan fingerprint density at radius 1 is 1.03 bits per heavy atom. The van der Waals surface area contributed by atoms with Crippen LogP contribution in [0.1, 0.15) is 28.3 Å². The minimum atomic E-state index is -0.865. The van der Waals surface area contributed by atoms with Crippen LogP contribution in [0.3, 0.4) is 0 Å². The highest BCUT2D eigenvalue weighted by atomic mass is 16.6. The van der Waals surface area contributed by atoms with Crippen LogP contribution in [0.25, 0.3) is 5.76 Å². The second-order valence-electron chi connectivity index (χ2n) is 8.57. The zero-order valence-electron chi connectivity index (χ0n) is 20.4. The van der Waals surface area contributed by atoms with Crippen LogP contribution in [0.5, 0.6) is 5.75 Å². The number of carbonyl (C=O) groups excluding carboxylic acids is 2. The van der Waals surface area contributed by atoms with Crippen molar-refractivity contribution in [2.75, 3.05) is 20.3 Å². The number of ether oxygens (including phenoxy) is 2. The number of nitrogens with zero attached hydrogens (tertiary/aromatic N) is 2. The van der Waals surface area contributed by atoms with E-state index in [2.05, 4.69) is 0 Å². The van der Waals surface area contributed by atoms with Crippen LogP contribution in [0.15, 0.2) is 78.4 Å². The molecule has 1 fully saturated rings. The average Bonchev–Trinajstić information content (AvgIpc) is 3.16. The van der Waals surface area contributed by atoms with E-state index in [-0.39, 0.29) is 30.0 Å². The molecule has 3 aromatic rings. The smallest absolute Gasteiger partial charge is 0.295 e. The Morgan fingerprint density at radius 2 is 1.70 bits per heavy atom. The minimum Gasteiger partial charge on any atom is -0.507 e. The number of rotatable bonds is 9. The number of benzene rings is 3. The van der Waals surface area contributed by atoms with E-state index in [1.54, 1.807) is 24.3 Å². The summed E-state index contributed by atoms with van der Waals surface area (Å²) in [5, 5.41) is 22.0. The van der Waals surface area contributed by atoms with Crippen LogP contribution in [0.4, 0.5) is 5.69 Å². The van der Waals surface area contributed by atoms with Crippen molar-refractivity contribution in [3.05, 3.63) is 111 Å². The number of amides is 1. The van der Waals surface area contributed by atoms with Crippen LogP contribution in [-0.4, -0.2) is 46.9 Å². The van der Waals surface area contributed by atoms with Crippen molar-refractivity contribution in [3.8, 4) is 5.75 Å². The number of aliphatic hydroxyl groups excluding tert-OH is 1. The Hall–Kier alpha value is -4.50. The van der Waals surface area contributed by atoms with Gasteiger partial charge in [0.25, 0.3) is 17.4 Å². The third-order valence-corrected chi connectivity index (χ3v) is 6.28. The molecule has 0 saturated carbocycles. The number of nitro benzene ring substituents is 1. The largest absolute Gasteiger partial charge is 0.507 e. The second-order valence-corrected chi connectivity index (χ2v) is 8.57. The van der Waals surface area contributed by atoms with Gasteiger partial charge in [-0.05, 0) is 47.9 Å². The average molecular weight is 503 g/mol. The molecule has 1 amide bonds. The first kappa shape index (κ1) is 25.6. The van der Waals surface area contributed by atoms with E-state index < -0.39 is 28.4 Å². The molecule has 1 aliphatic rings. The number of likely N-dealkylation sites (tertiary alicyclic amines) is 1. The van der Waals surface area contributed by atoms with E-state index in [9.17, 15) is 24.8 Å². The quantitative estimate of drug-likeness (QED) is 0.150. The Balaban J connectivity index is 1.67. The summed E-state index contributed by atoms with van der Waals surface area (Å²) in [7, 11) is 1.49. The van der Waals surface area contributed by atoms with Crippen molar-refractivity contribution in [3.63, 3.8) is 0 Å². The fourth-order valence-corrected chi connectivity index (χ4v) is 4.22. The van der Waals surface area contributed by atoms with Crippen molar-refractivity contribution in [2.45, 2.75) is 19.6 Å². The van der Waals surface area contributed by atoms with E-state index >= 15 is 0 Å². The van der Waals surface area contributed by atoms with Gasteiger partial charge in [0, 0.05) is 31.4 Å². The number of hydrogen-bond acceptors (Lipinski definition) is 7. The Morgan fingerprint density at radius 3 is 2.32 bits per heavy atom. The topological polar surface area (TPSA) is 119 Å². The molecular formula is C28H26N2O7. The maximum absolute atomic E-state index is 13.0. The molecule has 0 aliphatic carbocycles. The van der Waals surface area contributed by atoms with Crippen molar-refractivity contribution < 1.29 is 29.1 Å². The molecule has 1 saturated heterocycles. The summed E-state index contributed by atoms with van der Waals surface area (Å²) in [6, 6.07) is 19.2. The van der Waals surface area contributed by atoms with Crippen LogP contribution in [0.2, 0.25) is 0 Å². The lowest BCUT2D eigenvalue weighted by Crippen LogP contribution is -2.32. The minimum absolute atomic E-state index is 0.0939. The van der Waals surface area contributed by atoms with Gasteiger partial charge in [-0.2, -0.15) is 0 Å². The molecular weight excluding hydrogens is 476 g/mol. The van der Waals surface area contributed by atoms with Crippen molar-refractivity contribution >= 4 is 23.1 Å². The molecule has 37 heavy (non-hydrogen) atoms. The van der Waals surface area contributed by atoms with Crippen molar-refractivity contribution in [1.82, 2.24) is 4.90 Å². The summed E-state index contributed by atoms with van der Waals surface area (Å²) in [6.07, 6.45) is 0. The van der Waals surface area contributed by atoms with Crippen LogP contribution in [0, 0.1) is 17.0 Å². The number of methoxy groups -OCH3 is 1. The highest BCUT2D eigenvalue weighted by molar-refractivity contribution is 6.46. The lowest BCUT2D eigenvalue weighted by Gasteiger charge is -2.25. The van der Waals surface area contributed by atoms with E-state index in [4.69, 9.17) is 9.47 Å². The molecule has 4 rings (SSSR count).